The number of aryl methyl sites for hydroxylation is 1. The van der Waals surface area contributed by atoms with E-state index in [1.54, 1.807) is 31.1 Å². The predicted octanol–water partition coefficient (Wildman–Crippen LogP) is 1.35. The van der Waals surface area contributed by atoms with Gasteiger partial charge in [-0.1, -0.05) is 12.8 Å². The molecule has 1 amide bonds. The molecule has 1 aliphatic rings. The predicted molar refractivity (Wildman–Crippen MR) is 73.7 cm³/mol. The van der Waals surface area contributed by atoms with Gasteiger partial charge in [0, 0.05) is 7.05 Å². The third-order valence-corrected chi connectivity index (χ3v) is 3.85. The Labute approximate surface area is 113 Å². The van der Waals surface area contributed by atoms with E-state index in [2.05, 4.69) is 4.98 Å². The number of aromatic nitrogens is 1. The maximum Gasteiger partial charge on any atom is 0.255 e. The topological polar surface area (TPSA) is 79.5 Å². The minimum Gasteiger partial charge on any atom is -0.397 e. The lowest BCUT2D eigenvalue weighted by atomic mass is 9.91. The van der Waals surface area contributed by atoms with Gasteiger partial charge in [-0.2, -0.15) is 0 Å². The van der Waals surface area contributed by atoms with E-state index in [0.717, 1.165) is 25.7 Å². The Morgan fingerprint density at radius 1 is 1.47 bits per heavy atom. The minimum atomic E-state index is -0.433. The number of pyridine rings is 1. The van der Waals surface area contributed by atoms with Gasteiger partial charge >= 0.3 is 0 Å². The number of carbonyl (C=O) groups excluding carboxylic acids is 1. The number of aliphatic hydroxyl groups is 1. The van der Waals surface area contributed by atoms with Crippen LogP contribution in [0.4, 0.5) is 5.69 Å². The van der Waals surface area contributed by atoms with Gasteiger partial charge in [-0.15, -0.1) is 0 Å². The number of hydrogen-bond acceptors (Lipinski definition) is 4. The molecule has 1 aromatic rings. The van der Waals surface area contributed by atoms with Crippen LogP contribution < -0.4 is 5.73 Å². The summed E-state index contributed by atoms with van der Waals surface area (Å²) < 4.78 is 0. The first-order valence-electron chi connectivity index (χ1n) is 6.68. The molecular formula is C14H21N3O2. The van der Waals surface area contributed by atoms with Crippen molar-refractivity contribution in [1.29, 1.82) is 0 Å². The van der Waals surface area contributed by atoms with Crippen LogP contribution in [0.2, 0.25) is 0 Å². The molecule has 1 saturated carbocycles. The Hall–Kier alpha value is -1.62. The second-order valence-corrected chi connectivity index (χ2v) is 5.24. The fourth-order valence-electron chi connectivity index (χ4n) is 2.65. The van der Waals surface area contributed by atoms with E-state index in [9.17, 15) is 9.90 Å². The molecule has 104 valence electrons. The normalized spacial score (nSPS) is 23.1. The first kappa shape index (κ1) is 13.8. The number of rotatable bonds is 2. The van der Waals surface area contributed by atoms with Crippen LogP contribution in [-0.4, -0.2) is 40.1 Å². The van der Waals surface area contributed by atoms with E-state index in [1.165, 1.54) is 0 Å². The lowest BCUT2D eigenvalue weighted by Gasteiger charge is -2.35. The van der Waals surface area contributed by atoms with Crippen molar-refractivity contribution in [2.75, 3.05) is 12.8 Å². The molecule has 1 heterocycles. The number of anilines is 1. The standard InChI is InChI=1S/C14H21N3O2/c1-9-11(7-10(15)8-16-9)14(19)17(2)12-5-3-4-6-13(12)18/h7-8,12-13,18H,3-6,15H2,1-2H3. The van der Waals surface area contributed by atoms with E-state index < -0.39 is 6.10 Å². The van der Waals surface area contributed by atoms with Crippen LogP contribution in [0.5, 0.6) is 0 Å². The van der Waals surface area contributed by atoms with Crippen molar-refractivity contribution >= 4 is 11.6 Å². The van der Waals surface area contributed by atoms with Crippen molar-refractivity contribution in [3.05, 3.63) is 23.5 Å². The molecule has 0 aromatic carbocycles. The molecule has 0 saturated heterocycles. The van der Waals surface area contributed by atoms with Crippen LogP contribution in [0.3, 0.4) is 0 Å². The average molecular weight is 263 g/mol. The van der Waals surface area contributed by atoms with Gasteiger partial charge in [-0.05, 0) is 25.8 Å². The summed E-state index contributed by atoms with van der Waals surface area (Å²) in [5.41, 5.74) is 7.34. The summed E-state index contributed by atoms with van der Waals surface area (Å²) in [4.78, 5) is 18.2. The van der Waals surface area contributed by atoms with Gasteiger partial charge in [0.05, 0.1) is 35.3 Å². The van der Waals surface area contributed by atoms with Gasteiger partial charge in [-0.3, -0.25) is 9.78 Å². The molecule has 2 rings (SSSR count). The van der Waals surface area contributed by atoms with Gasteiger partial charge in [-0.25, -0.2) is 0 Å². The second-order valence-electron chi connectivity index (χ2n) is 5.24. The Bertz CT molecular complexity index is 476. The Morgan fingerprint density at radius 2 is 2.16 bits per heavy atom. The number of nitrogens with two attached hydrogens (primary N) is 1. The van der Waals surface area contributed by atoms with E-state index in [0.29, 0.717) is 16.9 Å². The molecule has 5 nitrogen and oxygen atoms in total. The lowest BCUT2D eigenvalue weighted by Crippen LogP contribution is -2.46. The Morgan fingerprint density at radius 3 is 2.84 bits per heavy atom. The maximum absolute atomic E-state index is 12.5. The number of likely N-dealkylation sites (N-methyl/N-ethyl adjacent to an activating group) is 1. The largest absolute Gasteiger partial charge is 0.397 e. The number of nitrogens with zero attached hydrogens (tertiary/aromatic N) is 2. The first-order chi connectivity index (χ1) is 9.00. The Balaban J connectivity index is 2.20. The maximum atomic E-state index is 12.5. The lowest BCUT2D eigenvalue weighted by molar-refractivity contribution is 0.0267. The highest BCUT2D eigenvalue weighted by Crippen LogP contribution is 2.24. The first-order valence-corrected chi connectivity index (χ1v) is 6.68. The van der Waals surface area contributed by atoms with Crippen LogP contribution in [0.15, 0.2) is 12.3 Å². The molecule has 1 fully saturated rings. The summed E-state index contributed by atoms with van der Waals surface area (Å²) in [5, 5.41) is 10.0. The van der Waals surface area contributed by atoms with Crippen LogP contribution in [-0.2, 0) is 0 Å². The van der Waals surface area contributed by atoms with Crippen molar-refractivity contribution in [2.45, 2.75) is 44.8 Å². The van der Waals surface area contributed by atoms with Crippen molar-refractivity contribution in [2.24, 2.45) is 0 Å². The molecule has 0 aliphatic heterocycles. The Kier molecular flexibility index (Phi) is 4.04. The summed E-state index contributed by atoms with van der Waals surface area (Å²) >= 11 is 0. The zero-order chi connectivity index (χ0) is 14.0. The highest BCUT2D eigenvalue weighted by atomic mass is 16.3. The third kappa shape index (κ3) is 2.87. The third-order valence-electron chi connectivity index (χ3n) is 3.85. The molecule has 1 aromatic heterocycles. The van der Waals surface area contributed by atoms with Crippen LogP contribution in [0, 0.1) is 6.92 Å². The van der Waals surface area contributed by atoms with E-state index in [1.807, 2.05) is 0 Å². The second kappa shape index (κ2) is 5.57. The van der Waals surface area contributed by atoms with E-state index in [4.69, 9.17) is 5.73 Å². The van der Waals surface area contributed by atoms with Crippen LogP contribution >= 0.6 is 0 Å². The average Bonchev–Trinajstić information content (AvgIpc) is 2.40. The molecular weight excluding hydrogens is 242 g/mol. The zero-order valence-corrected chi connectivity index (χ0v) is 11.5. The minimum absolute atomic E-state index is 0.109. The van der Waals surface area contributed by atoms with Crippen LogP contribution in [0.25, 0.3) is 0 Å². The molecule has 1 aliphatic carbocycles. The number of nitrogen functional groups attached to an aromatic ring is 1. The quantitative estimate of drug-likeness (QED) is 0.844. The molecule has 19 heavy (non-hydrogen) atoms. The van der Waals surface area contributed by atoms with Gasteiger partial charge in [0.2, 0.25) is 0 Å². The van der Waals surface area contributed by atoms with Gasteiger partial charge in [0.1, 0.15) is 0 Å². The summed E-state index contributed by atoms with van der Waals surface area (Å²) in [6.07, 6.45) is 4.79. The van der Waals surface area contributed by atoms with Gasteiger partial charge < -0.3 is 15.7 Å². The fraction of sp³-hybridized carbons (Fsp3) is 0.571. The summed E-state index contributed by atoms with van der Waals surface area (Å²) in [5.74, 6) is -0.122. The zero-order valence-electron chi connectivity index (χ0n) is 11.5. The van der Waals surface area contributed by atoms with Crippen molar-refractivity contribution in [3.8, 4) is 0 Å². The molecule has 2 atom stereocenters. The van der Waals surface area contributed by atoms with Crippen LogP contribution in [0.1, 0.15) is 41.7 Å². The van der Waals surface area contributed by atoms with E-state index >= 15 is 0 Å². The number of aliphatic hydroxyl groups excluding tert-OH is 1. The number of carbonyl (C=O) groups is 1. The van der Waals surface area contributed by atoms with Gasteiger partial charge in [0.15, 0.2) is 0 Å². The summed E-state index contributed by atoms with van der Waals surface area (Å²) in [7, 11) is 1.74. The van der Waals surface area contributed by atoms with Crippen molar-refractivity contribution in [3.63, 3.8) is 0 Å². The van der Waals surface area contributed by atoms with Crippen molar-refractivity contribution < 1.29 is 9.90 Å². The number of hydrogen-bond donors (Lipinski definition) is 2. The molecule has 0 spiro atoms. The molecule has 0 radical (unpaired) electrons. The van der Waals surface area contributed by atoms with Crippen molar-refractivity contribution in [1.82, 2.24) is 9.88 Å². The monoisotopic (exact) mass is 263 g/mol. The highest BCUT2D eigenvalue weighted by Gasteiger charge is 2.30. The summed E-state index contributed by atoms with van der Waals surface area (Å²) in [6.45, 7) is 1.79. The SMILES string of the molecule is Cc1ncc(N)cc1C(=O)N(C)C1CCCCC1O. The molecule has 3 N–H and O–H groups in total. The molecule has 5 heteroatoms. The smallest absolute Gasteiger partial charge is 0.255 e. The fourth-order valence-corrected chi connectivity index (χ4v) is 2.65. The highest BCUT2D eigenvalue weighted by molar-refractivity contribution is 5.96. The number of amides is 1. The van der Waals surface area contributed by atoms with E-state index in [-0.39, 0.29) is 11.9 Å². The van der Waals surface area contributed by atoms with Gasteiger partial charge in [0.25, 0.3) is 5.91 Å². The molecule has 0 bridgehead atoms. The summed E-state index contributed by atoms with van der Waals surface area (Å²) in [6, 6.07) is 1.54. The molecule has 2 unspecified atom stereocenters.